The molecule has 4 heteroatoms. The molecular formula is C9H17N3O. The van der Waals surface area contributed by atoms with Gasteiger partial charge in [-0.15, -0.1) is 0 Å². The molecule has 0 aliphatic carbocycles. The molecule has 0 bridgehead atoms. The maximum atomic E-state index is 9.71. The van der Waals surface area contributed by atoms with E-state index < -0.39 is 6.10 Å². The van der Waals surface area contributed by atoms with Crippen molar-refractivity contribution in [1.29, 1.82) is 0 Å². The number of nitrogens with zero attached hydrogens (tertiary/aromatic N) is 2. The highest BCUT2D eigenvalue weighted by Gasteiger charge is 2.13. The molecule has 0 saturated carbocycles. The molecule has 0 aliphatic heterocycles. The van der Waals surface area contributed by atoms with Crippen LogP contribution in [0, 0.1) is 6.92 Å². The Morgan fingerprint density at radius 2 is 2.38 bits per heavy atom. The molecule has 1 heterocycles. The number of hydrogen-bond acceptors (Lipinski definition) is 3. The Morgan fingerprint density at radius 3 is 2.85 bits per heavy atom. The highest BCUT2D eigenvalue weighted by molar-refractivity contribution is 5.16. The highest BCUT2D eigenvalue weighted by atomic mass is 16.3. The molecule has 0 spiro atoms. The highest BCUT2D eigenvalue weighted by Crippen LogP contribution is 2.19. The van der Waals surface area contributed by atoms with Gasteiger partial charge in [-0.25, -0.2) is 0 Å². The SMILES string of the molecule is Cc1cn(C)nc1C(O)CCCN. The predicted octanol–water partition coefficient (Wildman–Crippen LogP) is 0.501. The molecule has 1 atom stereocenters. The minimum Gasteiger partial charge on any atom is -0.387 e. The average Bonchev–Trinajstić information content (AvgIpc) is 2.41. The van der Waals surface area contributed by atoms with Crippen molar-refractivity contribution >= 4 is 0 Å². The lowest BCUT2D eigenvalue weighted by molar-refractivity contribution is 0.159. The quantitative estimate of drug-likeness (QED) is 0.714. The van der Waals surface area contributed by atoms with E-state index in [4.69, 9.17) is 5.73 Å². The third-order valence-electron chi connectivity index (χ3n) is 2.05. The largest absolute Gasteiger partial charge is 0.387 e. The molecule has 3 N–H and O–H groups in total. The van der Waals surface area contributed by atoms with Gasteiger partial charge in [0.2, 0.25) is 0 Å². The number of nitrogens with two attached hydrogens (primary N) is 1. The van der Waals surface area contributed by atoms with Gasteiger partial charge < -0.3 is 10.8 Å². The van der Waals surface area contributed by atoms with Crippen LogP contribution in [0.25, 0.3) is 0 Å². The summed E-state index contributed by atoms with van der Waals surface area (Å²) in [5.41, 5.74) is 7.17. The second-order valence-electron chi connectivity index (χ2n) is 3.32. The minimum absolute atomic E-state index is 0.468. The van der Waals surface area contributed by atoms with Crippen LogP contribution in [-0.4, -0.2) is 21.4 Å². The molecule has 0 saturated heterocycles. The van der Waals surface area contributed by atoms with Crippen LogP contribution in [0.3, 0.4) is 0 Å². The van der Waals surface area contributed by atoms with Crippen LogP contribution in [0.1, 0.15) is 30.2 Å². The fraction of sp³-hybridized carbons (Fsp3) is 0.667. The van der Waals surface area contributed by atoms with Crippen molar-refractivity contribution in [3.8, 4) is 0 Å². The zero-order valence-electron chi connectivity index (χ0n) is 8.20. The van der Waals surface area contributed by atoms with Crippen LogP contribution in [-0.2, 0) is 7.05 Å². The van der Waals surface area contributed by atoms with Crippen molar-refractivity contribution in [2.45, 2.75) is 25.9 Å². The lowest BCUT2D eigenvalue weighted by Gasteiger charge is -2.07. The smallest absolute Gasteiger partial charge is 0.0981 e. The maximum absolute atomic E-state index is 9.71. The van der Waals surface area contributed by atoms with E-state index in [-0.39, 0.29) is 0 Å². The molecule has 1 aromatic rings. The van der Waals surface area contributed by atoms with Gasteiger partial charge in [-0.05, 0) is 31.9 Å². The molecular weight excluding hydrogens is 166 g/mol. The molecule has 0 aliphatic rings. The van der Waals surface area contributed by atoms with Gasteiger partial charge in [-0.1, -0.05) is 0 Å². The molecule has 0 aromatic carbocycles. The Hall–Kier alpha value is -0.870. The maximum Gasteiger partial charge on any atom is 0.0981 e. The molecule has 4 nitrogen and oxygen atoms in total. The van der Waals surface area contributed by atoms with Gasteiger partial charge >= 0.3 is 0 Å². The summed E-state index contributed by atoms with van der Waals surface area (Å²) in [7, 11) is 1.85. The molecule has 0 radical (unpaired) electrons. The Balaban J connectivity index is 2.64. The summed E-state index contributed by atoms with van der Waals surface area (Å²) in [4.78, 5) is 0. The van der Waals surface area contributed by atoms with E-state index >= 15 is 0 Å². The van der Waals surface area contributed by atoms with E-state index in [2.05, 4.69) is 5.10 Å². The van der Waals surface area contributed by atoms with Crippen LogP contribution in [0.4, 0.5) is 0 Å². The summed E-state index contributed by atoms with van der Waals surface area (Å²) in [6.45, 7) is 2.57. The number of rotatable bonds is 4. The van der Waals surface area contributed by atoms with Crippen molar-refractivity contribution in [3.05, 3.63) is 17.5 Å². The number of aliphatic hydroxyl groups is 1. The summed E-state index contributed by atoms with van der Waals surface area (Å²) in [6.07, 6.45) is 2.96. The second kappa shape index (κ2) is 4.39. The van der Waals surface area contributed by atoms with Crippen molar-refractivity contribution in [2.75, 3.05) is 6.54 Å². The van der Waals surface area contributed by atoms with Gasteiger partial charge in [0.1, 0.15) is 0 Å². The van der Waals surface area contributed by atoms with Gasteiger partial charge in [0, 0.05) is 13.2 Å². The van der Waals surface area contributed by atoms with Crippen molar-refractivity contribution in [3.63, 3.8) is 0 Å². The van der Waals surface area contributed by atoms with Gasteiger partial charge in [-0.2, -0.15) is 5.10 Å². The predicted molar refractivity (Wildman–Crippen MR) is 51.2 cm³/mol. The molecule has 1 aromatic heterocycles. The standard InChI is InChI=1S/C9H17N3O/c1-7-6-12(2)11-9(7)8(13)4-3-5-10/h6,8,13H,3-5,10H2,1-2H3. The average molecular weight is 183 g/mol. The Labute approximate surface area is 78.4 Å². The fourth-order valence-corrected chi connectivity index (χ4v) is 1.40. The number of aliphatic hydroxyl groups excluding tert-OH is 1. The second-order valence-corrected chi connectivity index (χ2v) is 3.32. The Kier molecular flexibility index (Phi) is 3.45. The first-order valence-corrected chi connectivity index (χ1v) is 4.53. The summed E-state index contributed by atoms with van der Waals surface area (Å²) in [6, 6.07) is 0. The number of aromatic nitrogens is 2. The first-order chi connectivity index (χ1) is 6.15. The van der Waals surface area contributed by atoms with E-state index in [1.807, 2.05) is 20.2 Å². The summed E-state index contributed by atoms with van der Waals surface area (Å²) in [5.74, 6) is 0. The summed E-state index contributed by atoms with van der Waals surface area (Å²) < 4.78 is 1.72. The van der Waals surface area contributed by atoms with E-state index in [9.17, 15) is 5.11 Å². The van der Waals surface area contributed by atoms with E-state index in [1.54, 1.807) is 4.68 Å². The summed E-state index contributed by atoms with van der Waals surface area (Å²) in [5, 5.41) is 13.9. The summed E-state index contributed by atoms with van der Waals surface area (Å²) >= 11 is 0. The lowest BCUT2D eigenvalue weighted by atomic mass is 10.1. The zero-order valence-corrected chi connectivity index (χ0v) is 8.20. The topological polar surface area (TPSA) is 64.1 Å². The van der Waals surface area contributed by atoms with Gasteiger partial charge in [0.05, 0.1) is 11.8 Å². The molecule has 0 fully saturated rings. The molecule has 1 rings (SSSR count). The van der Waals surface area contributed by atoms with Gasteiger partial charge in [0.15, 0.2) is 0 Å². The van der Waals surface area contributed by atoms with Crippen LogP contribution in [0.2, 0.25) is 0 Å². The van der Waals surface area contributed by atoms with Gasteiger partial charge in [0.25, 0.3) is 0 Å². The lowest BCUT2D eigenvalue weighted by Crippen LogP contribution is -2.05. The van der Waals surface area contributed by atoms with Gasteiger partial charge in [-0.3, -0.25) is 4.68 Å². The molecule has 1 unspecified atom stereocenters. The monoisotopic (exact) mass is 183 g/mol. The minimum atomic E-state index is -0.468. The van der Waals surface area contributed by atoms with Crippen molar-refractivity contribution in [2.24, 2.45) is 12.8 Å². The molecule has 0 amide bonds. The third kappa shape index (κ3) is 2.54. The first kappa shape index (κ1) is 10.2. The number of hydrogen-bond donors (Lipinski definition) is 2. The first-order valence-electron chi connectivity index (χ1n) is 4.53. The van der Waals surface area contributed by atoms with Crippen LogP contribution >= 0.6 is 0 Å². The van der Waals surface area contributed by atoms with Crippen LogP contribution in [0.15, 0.2) is 6.20 Å². The van der Waals surface area contributed by atoms with E-state index in [1.165, 1.54) is 0 Å². The molecule has 74 valence electrons. The Morgan fingerprint density at radius 1 is 1.69 bits per heavy atom. The fourth-order valence-electron chi connectivity index (χ4n) is 1.40. The zero-order chi connectivity index (χ0) is 9.84. The normalized spacial score (nSPS) is 13.2. The van der Waals surface area contributed by atoms with Crippen LogP contribution in [0.5, 0.6) is 0 Å². The van der Waals surface area contributed by atoms with E-state index in [0.717, 1.165) is 17.7 Å². The van der Waals surface area contributed by atoms with E-state index in [0.29, 0.717) is 13.0 Å². The third-order valence-corrected chi connectivity index (χ3v) is 2.05. The number of aryl methyl sites for hydroxylation is 2. The van der Waals surface area contributed by atoms with Crippen molar-refractivity contribution in [1.82, 2.24) is 9.78 Å². The Bertz CT molecular complexity index is 270. The molecule has 13 heavy (non-hydrogen) atoms. The van der Waals surface area contributed by atoms with Crippen LogP contribution < -0.4 is 5.73 Å². The van der Waals surface area contributed by atoms with Crippen molar-refractivity contribution < 1.29 is 5.11 Å².